The molecule has 1 aromatic carbocycles. The number of rotatable bonds is 7. The number of amides is 1. The summed E-state index contributed by atoms with van der Waals surface area (Å²) in [6.45, 7) is 11.9. The number of benzene rings is 1. The van der Waals surface area contributed by atoms with Crippen LogP contribution in [0.1, 0.15) is 43.9 Å². The lowest BCUT2D eigenvalue weighted by Gasteiger charge is -2.19. The van der Waals surface area contributed by atoms with E-state index in [1.54, 1.807) is 7.11 Å². The maximum atomic E-state index is 11.5. The highest BCUT2D eigenvalue weighted by Gasteiger charge is 2.15. The fourth-order valence-corrected chi connectivity index (χ4v) is 2.41. The predicted octanol–water partition coefficient (Wildman–Crippen LogP) is 3.32. The number of nitrogens with one attached hydrogen (secondary N) is 2. The molecule has 2 N–H and O–H groups in total. The molecule has 0 aliphatic carbocycles. The van der Waals surface area contributed by atoms with E-state index in [1.807, 2.05) is 20.8 Å². The smallest absolute Gasteiger partial charge is 0.407 e. The van der Waals surface area contributed by atoms with Crippen LogP contribution in [0.3, 0.4) is 0 Å². The van der Waals surface area contributed by atoms with E-state index in [1.165, 1.54) is 5.56 Å². The topological polar surface area (TPSA) is 59.6 Å². The molecule has 5 heteroatoms. The van der Waals surface area contributed by atoms with Crippen LogP contribution in [0.4, 0.5) is 4.79 Å². The Hall–Kier alpha value is -1.75. The van der Waals surface area contributed by atoms with Gasteiger partial charge in [-0.05, 0) is 64.3 Å². The summed E-state index contributed by atoms with van der Waals surface area (Å²) in [5.41, 5.74) is 3.08. The summed E-state index contributed by atoms with van der Waals surface area (Å²) < 4.78 is 10.6. The quantitative estimate of drug-likeness (QED) is 0.756. The highest BCUT2D eigenvalue weighted by molar-refractivity contribution is 5.67. The number of alkyl carbamates (subject to hydrolysis) is 1. The molecule has 130 valence electrons. The van der Waals surface area contributed by atoms with Crippen LogP contribution in [0.15, 0.2) is 12.1 Å². The van der Waals surface area contributed by atoms with E-state index >= 15 is 0 Å². The Morgan fingerprint density at radius 1 is 1.13 bits per heavy atom. The Bertz CT molecular complexity index is 498. The van der Waals surface area contributed by atoms with Crippen molar-refractivity contribution in [1.29, 1.82) is 0 Å². The minimum atomic E-state index is -0.452. The van der Waals surface area contributed by atoms with Gasteiger partial charge in [-0.1, -0.05) is 12.1 Å². The molecular weight excluding hydrogens is 292 g/mol. The number of hydrogen-bond acceptors (Lipinski definition) is 4. The van der Waals surface area contributed by atoms with Gasteiger partial charge in [-0.2, -0.15) is 0 Å². The van der Waals surface area contributed by atoms with Gasteiger partial charge in [-0.15, -0.1) is 0 Å². The second-order valence-electron chi connectivity index (χ2n) is 6.72. The minimum Gasteiger partial charge on any atom is -0.496 e. The van der Waals surface area contributed by atoms with Crippen LogP contribution in [0.5, 0.6) is 5.75 Å². The first-order valence-corrected chi connectivity index (χ1v) is 8.04. The van der Waals surface area contributed by atoms with Crippen molar-refractivity contribution in [3.05, 3.63) is 28.8 Å². The number of ether oxygens (including phenoxy) is 2. The predicted molar refractivity (Wildman–Crippen MR) is 93.0 cm³/mol. The largest absolute Gasteiger partial charge is 0.496 e. The van der Waals surface area contributed by atoms with Gasteiger partial charge < -0.3 is 20.1 Å². The molecular formula is C18H30N2O3. The van der Waals surface area contributed by atoms with E-state index in [2.05, 4.69) is 36.6 Å². The molecule has 1 amide bonds. The molecule has 0 atom stereocenters. The molecule has 0 aromatic heterocycles. The zero-order chi connectivity index (χ0) is 17.5. The molecule has 0 spiro atoms. The van der Waals surface area contributed by atoms with Crippen LogP contribution in [0.25, 0.3) is 0 Å². The summed E-state index contributed by atoms with van der Waals surface area (Å²) in [4.78, 5) is 11.5. The highest BCUT2D eigenvalue weighted by Crippen LogP contribution is 2.24. The molecule has 0 saturated heterocycles. The van der Waals surface area contributed by atoms with Crippen molar-refractivity contribution in [2.24, 2.45) is 0 Å². The molecule has 0 unspecified atom stereocenters. The second-order valence-corrected chi connectivity index (χ2v) is 6.72. The van der Waals surface area contributed by atoms with Crippen molar-refractivity contribution in [1.82, 2.24) is 10.6 Å². The van der Waals surface area contributed by atoms with Crippen molar-refractivity contribution in [2.75, 3.05) is 20.2 Å². The maximum Gasteiger partial charge on any atom is 0.407 e. The summed E-state index contributed by atoms with van der Waals surface area (Å²) in [5.74, 6) is 0.954. The molecule has 0 saturated carbocycles. The molecule has 0 heterocycles. The Morgan fingerprint density at radius 2 is 1.74 bits per heavy atom. The fourth-order valence-electron chi connectivity index (χ4n) is 2.41. The standard InChI is InChI=1S/C18H30N2O3/c1-13-10-15(11-14(2)16(13)22-6)12-19-8-7-9-20-17(21)23-18(3,4)5/h10-11,19H,7-9,12H2,1-6H3,(H,20,21). The van der Waals surface area contributed by atoms with Crippen LogP contribution < -0.4 is 15.4 Å². The molecule has 1 aromatic rings. The van der Waals surface area contributed by atoms with E-state index in [4.69, 9.17) is 9.47 Å². The van der Waals surface area contributed by atoms with Crippen molar-refractivity contribution < 1.29 is 14.3 Å². The lowest BCUT2D eigenvalue weighted by molar-refractivity contribution is 0.0527. The van der Waals surface area contributed by atoms with E-state index < -0.39 is 5.60 Å². The third-order valence-corrected chi connectivity index (χ3v) is 3.25. The molecule has 0 fully saturated rings. The van der Waals surface area contributed by atoms with Crippen molar-refractivity contribution in [3.8, 4) is 5.75 Å². The van der Waals surface area contributed by atoms with Crippen LogP contribution in [0, 0.1) is 13.8 Å². The molecule has 0 aliphatic heterocycles. The number of carbonyl (C=O) groups excluding carboxylic acids is 1. The third kappa shape index (κ3) is 7.37. The fraction of sp³-hybridized carbons (Fsp3) is 0.611. The van der Waals surface area contributed by atoms with Crippen LogP contribution in [-0.2, 0) is 11.3 Å². The maximum absolute atomic E-state index is 11.5. The Kier molecular flexibility index (Phi) is 7.36. The number of aryl methyl sites for hydroxylation is 2. The Balaban J connectivity index is 2.24. The summed E-state index contributed by atoms with van der Waals surface area (Å²) in [6, 6.07) is 4.27. The van der Waals surface area contributed by atoms with E-state index in [-0.39, 0.29) is 6.09 Å². The molecule has 1 rings (SSSR count). The van der Waals surface area contributed by atoms with Crippen molar-refractivity contribution in [3.63, 3.8) is 0 Å². The summed E-state index contributed by atoms with van der Waals surface area (Å²) in [6.07, 6.45) is 0.492. The van der Waals surface area contributed by atoms with Gasteiger partial charge in [-0.25, -0.2) is 4.79 Å². The van der Waals surface area contributed by atoms with Crippen molar-refractivity contribution >= 4 is 6.09 Å². The van der Waals surface area contributed by atoms with Gasteiger partial charge in [-0.3, -0.25) is 0 Å². The monoisotopic (exact) mass is 322 g/mol. The summed E-state index contributed by atoms with van der Waals surface area (Å²) in [5, 5.41) is 6.14. The van der Waals surface area contributed by atoms with Crippen molar-refractivity contribution in [2.45, 2.75) is 53.2 Å². The summed E-state index contributed by atoms with van der Waals surface area (Å²) >= 11 is 0. The average molecular weight is 322 g/mol. The number of methoxy groups -OCH3 is 1. The van der Waals surface area contributed by atoms with Gasteiger partial charge in [0.15, 0.2) is 0 Å². The molecule has 23 heavy (non-hydrogen) atoms. The number of hydrogen-bond donors (Lipinski definition) is 2. The average Bonchev–Trinajstić information content (AvgIpc) is 2.40. The Labute approximate surface area is 139 Å². The zero-order valence-corrected chi connectivity index (χ0v) is 15.2. The van der Waals surface area contributed by atoms with Crippen LogP contribution in [-0.4, -0.2) is 31.9 Å². The normalized spacial score (nSPS) is 11.2. The van der Waals surface area contributed by atoms with Gasteiger partial charge in [0.1, 0.15) is 11.4 Å². The highest BCUT2D eigenvalue weighted by atomic mass is 16.6. The third-order valence-electron chi connectivity index (χ3n) is 3.25. The lowest BCUT2D eigenvalue weighted by atomic mass is 10.1. The van der Waals surface area contributed by atoms with Gasteiger partial charge in [0.2, 0.25) is 0 Å². The lowest BCUT2D eigenvalue weighted by Crippen LogP contribution is -2.33. The van der Waals surface area contributed by atoms with Gasteiger partial charge in [0.25, 0.3) is 0 Å². The van der Waals surface area contributed by atoms with Gasteiger partial charge >= 0.3 is 6.09 Å². The SMILES string of the molecule is COc1c(C)cc(CNCCCNC(=O)OC(C)(C)C)cc1C. The van der Waals surface area contributed by atoms with E-state index in [0.29, 0.717) is 6.54 Å². The van der Waals surface area contributed by atoms with Crippen LogP contribution in [0.2, 0.25) is 0 Å². The summed E-state index contributed by atoms with van der Waals surface area (Å²) in [7, 11) is 1.70. The van der Waals surface area contributed by atoms with Gasteiger partial charge in [0, 0.05) is 13.1 Å². The van der Waals surface area contributed by atoms with E-state index in [0.717, 1.165) is 36.4 Å². The number of carbonyl (C=O) groups is 1. The molecule has 5 nitrogen and oxygen atoms in total. The Morgan fingerprint density at radius 3 is 2.26 bits per heavy atom. The first-order chi connectivity index (χ1) is 10.7. The molecule has 0 aliphatic rings. The minimum absolute atomic E-state index is 0.362. The zero-order valence-electron chi connectivity index (χ0n) is 15.2. The van der Waals surface area contributed by atoms with Gasteiger partial charge in [0.05, 0.1) is 7.11 Å². The van der Waals surface area contributed by atoms with Crippen LogP contribution >= 0.6 is 0 Å². The van der Waals surface area contributed by atoms with E-state index in [9.17, 15) is 4.79 Å². The molecule has 0 bridgehead atoms. The first kappa shape index (κ1) is 19.3. The second kappa shape index (κ2) is 8.77. The molecule has 0 radical (unpaired) electrons. The first-order valence-electron chi connectivity index (χ1n) is 8.04.